The molecule has 0 rings (SSSR count). The molecule has 5 nitrogen and oxygen atoms in total. The van der Waals surface area contributed by atoms with Gasteiger partial charge in [0.2, 0.25) is 0 Å². The molecule has 0 aromatic carbocycles. The Morgan fingerprint density at radius 1 is 1.28 bits per heavy atom. The summed E-state index contributed by atoms with van der Waals surface area (Å²) in [4.78, 5) is 22.9. The monoisotopic (exact) mass is 274 g/mol. The molecule has 104 valence electrons. The van der Waals surface area contributed by atoms with Gasteiger partial charge in [0.05, 0.1) is 6.42 Å². The van der Waals surface area contributed by atoms with Gasteiger partial charge in [0.1, 0.15) is 16.2 Å². The largest absolute Gasteiger partial charge is 0.760 e. The molecule has 0 atom stereocenters. The van der Waals surface area contributed by atoms with E-state index < -0.39 is 20.6 Å². The fourth-order valence-electron chi connectivity index (χ4n) is 1.38. The molecule has 0 fully saturated rings. The van der Waals surface area contributed by atoms with Crippen molar-refractivity contribution in [3.63, 3.8) is 0 Å². The van der Waals surface area contributed by atoms with E-state index in [-0.39, 0.29) is 23.0 Å². The number of ketones is 1. The van der Waals surface area contributed by atoms with Gasteiger partial charge in [0, 0.05) is 12.7 Å². The molecule has 0 saturated carbocycles. The third-order valence-electron chi connectivity index (χ3n) is 1.96. The summed E-state index contributed by atoms with van der Waals surface area (Å²) in [5, 5.41) is 0. The minimum absolute atomic E-state index is 0.116. The van der Waals surface area contributed by atoms with Gasteiger partial charge in [-0.1, -0.05) is 0 Å². The molecular weight excluding hydrogens is 251 g/mol. The zero-order chi connectivity index (χ0) is 14.3. The highest BCUT2D eigenvalue weighted by Gasteiger charge is 2.41. The quantitative estimate of drug-likeness (QED) is 0.364. The summed E-state index contributed by atoms with van der Waals surface area (Å²) in [6, 6.07) is 0. The number of carbonyl (C=O) groups is 2. The number of rotatable bonds is 9. The highest BCUT2D eigenvalue weighted by molar-refractivity contribution is 6.81. The first-order chi connectivity index (χ1) is 8.18. The summed E-state index contributed by atoms with van der Waals surface area (Å²) in [5.74, 6) is -1.05. The maximum Gasteiger partial charge on any atom is 0.760 e. The van der Waals surface area contributed by atoms with E-state index in [9.17, 15) is 9.59 Å². The molecule has 0 amide bonds. The van der Waals surface area contributed by atoms with Gasteiger partial charge in [0.15, 0.2) is 0 Å². The molecule has 0 N–H and O–H groups in total. The standard InChI is InChI=1S/C5H11O2.C4H5O2.C3H7O.Al/c1-4-7-5(2,3)6;1-4(6)2-3-5;1-3(2)4;/h4H2,1-3H3;2H2,1H3;3H,1-2H3;/q-1;;-1;+2. The molecule has 0 heterocycles. The lowest BCUT2D eigenvalue weighted by Crippen LogP contribution is -2.44. The zero-order valence-electron chi connectivity index (χ0n) is 12.1. The summed E-state index contributed by atoms with van der Waals surface area (Å²) in [6.07, 6.45) is -0.249. The average molecular weight is 274 g/mol. The van der Waals surface area contributed by atoms with Crippen molar-refractivity contribution in [1.29, 1.82) is 0 Å². The molecule has 0 saturated heterocycles. The van der Waals surface area contributed by atoms with E-state index in [0.29, 0.717) is 6.61 Å². The molecule has 0 aliphatic carbocycles. The van der Waals surface area contributed by atoms with Crippen molar-refractivity contribution in [1.82, 2.24) is 0 Å². The van der Waals surface area contributed by atoms with Crippen molar-refractivity contribution >= 4 is 25.2 Å². The van der Waals surface area contributed by atoms with Gasteiger partial charge in [-0.15, -0.1) is 0 Å². The Morgan fingerprint density at radius 2 is 1.83 bits per heavy atom. The zero-order valence-corrected chi connectivity index (χ0v) is 13.3. The summed E-state index contributed by atoms with van der Waals surface area (Å²) in [5.41, 5.74) is 0. The van der Waals surface area contributed by atoms with Gasteiger partial charge < -0.3 is 17.1 Å². The third-order valence-corrected chi connectivity index (χ3v) is 4.27. The molecule has 0 bridgehead atoms. The Kier molecular flexibility index (Phi) is 7.92. The molecule has 0 unspecified atom stereocenters. The summed E-state index contributed by atoms with van der Waals surface area (Å²) >= 11 is -2.58. The van der Waals surface area contributed by atoms with Gasteiger partial charge in [0.25, 0.3) is 0 Å². The third kappa shape index (κ3) is 7.96. The Hall–Kier alpha value is -0.248. The van der Waals surface area contributed by atoms with Crippen LogP contribution in [0.2, 0.25) is 0 Å². The second-order valence-corrected chi connectivity index (χ2v) is 6.63. The molecule has 0 aliphatic rings. The second-order valence-electron chi connectivity index (χ2n) is 4.81. The fourth-order valence-corrected chi connectivity index (χ4v) is 3.26. The minimum Gasteiger partial charge on any atom is -0.471 e. The first-order valence-electron chi connectivity index (χ1n) is 6.17. The van der Waals surface area contributed by atoms with Crippen LogP contribution in [-0.2, 0) is 21.9 Å². The summed E-state index contributed by atoms with van der Waals surface area (Å²) in [6.45, 7) is 10.9. The van der Waals surface area contributed by atoms with Gasteiger partial charge in [-0.3, -0.25) is 4.79 Å². The van der Waals surface area contributed by atoms with Crippen LogP contribution in [0.25, 0.3) is 0 Å². The van der Waals surface area contributed by atoms with E-state index in [2.05, 4.69) is 0 Å². The molecule has 0 aromatic rings. The normalized spacial score (nSPS) is 11.7. The van der Waals surface area contributed by atoms with Crippen LogP contribution in [-0.4, -0.2) is 43.7 Å². The van der Waals surface area contributed by atoms with Crippen molar-refractivity contribution in [2.75, 3.05) is 6.61 Å². The lowest BCUT2D eigenvalue weighted by Gasteiger charge is -2.29. The predicted molar refractivity (Wildman–Crippen MR) is 69.1 cm³/mol. The summed E-state index contributed by atoms with van der Waals surface area (Å²) < 4.78 is 16.3. The van der Waals surface area contributed by atoms with Crippen molar-refractivity contribution in [2.45, 2.75) is 59.9 Å². The van der Waals surface area contributed by atoms with E-state index in [1.807, 2.05) is 20.8 Å². The predicted octanol–water partition coefficient (Wildman–Crippen LogP) is 1.78. The average Bonchev–Trinajstić information content (AvgIpc) is 2.13. The van der Waals surface area contributed by atoms with Crippen molar-refractivity contribution in [2.24, 2.45) is 0 Å². The smallest absolute Gasteiger partial charge is 0.471 e. The second kappa shape index (κ2) is 8.03. The Labute approximate surface area is 114 Å². The highest BCUT2D eigenvalue weighted by Crippen LogP contribution is 2.15. The van der Waals surface area contributed by atoms with Crippen LogP contribution >= 0.6 is 0 Å². The van der Waals surface area contributed by atoms with Gasteiger partial charge in [-0.2, -0.15) is 0 Å². The van der Waals surface area contributed by atoms with Crippen LogP contribution < -0.4 is 0 Å². The number of hydrogen-bond donors (Lipinski definition) is 0. The lowest BCUT2D eigenvalue weighted by atomic mass is 10.3. The van der Waals surface area contributed by atoms with Gasteiger partial charge in [-0.25, -0.2) is 0 Å². The first-order valence-corrected chi connectivity index (χ1v) is 7.69. The maximum absolute atomic E-state index is 11.9. The van der Waals surface area contributed by atoms with Crippen LogP contribution in [0.5, 0.6) is 0 Å². The first kappa shape index (κ1) is 17.8. The van der Waals surface area contributed by atoms with Crippen LogP contribution in [0.1, 0.15) is 48.0 Å². The van der Waals surface area contributed by atoms with Crippen LogP contribution in [0.3, 0.4) is 0 Å². The lowest BCUT2D eigenvalue weighted by molar-refractivity contribution is -0.168. The maximum atomic E-state index is 11.9. The molecular formula is C12H23AlO5. The van der Waals surface area contributed by atoms with Gasteiger partial charge in [-0.05, 0) is 41.5 Å². The van der Waals surface area contributed by atoms with E-state index >= 15 is 0 Å². The molecule has 0 aliphatic heterocycles. The van der Waals surface area contributed by atoms with E-state index in [1.54, 1.807) is 13.8 Å². The number of carbonyl (C=O) groups excluding carboxylic acids is 2. The van der Waals surface area contributed by atoms with Crippen LogP contribution in [0.15, 0.2) is 0 Å². The SMILES string of the molecule is CCOC(C)(C)[O][Al]([O]C(C)C)[C](=O)CC(C)=O. The fraction of sp³-hybridized carbons (Fsp3) is 0.833. The summed E-state index contributed by atoms with van der Waals surface area (Å²) in [7, 11) is 0. The van der Waals surface area contributed by atoms with E-state index in [0.717, 1.165) is 0 Å². The number of ether oxygens (including phenoxy) is 1. The van der Waals surface area contributed by atoms with Crippen LogP contribution in [0, 0.1) is 0 Å². The molecule has 18 heavy (non-hydrogen) atoms. The van der Waals surface area contributed by atoms with E-state index in [4.69, 9.17) is 12.3 Å². The van der Waals surface area contributed by atoms with Crippen molar-refractivity contribution in [3.05, 3.63) is 0 Å². The number of Topliss-reactive ketones (excluding diaryl/α,β-unsaturated/α-hetero) is 1. The molecule has 0 radical (unpaired) electrons. The Balaban J connectivity index is 4.67. The Bertz CT molecular complexity index is 288. The van der Waals surface area contributed by atoms with Crippen molar-refractivity contribution in [3.8, 4) is 0 Å². The molecule has 0 spiro atoms. The van der Waals surface area contributed by atoms with Crippen molar-refractivity contribution < 1.29 is 21.9 Å². The molecule has 0 aromatic heterocycles. The van der Waals surface area contributed by atoms with Gasteiger partial charge >= 0.3 is 14.8 Å². The van der Waals surface area contributed by atoms with Crippen LogP contribution in [0.4, 0.5) is 0 Å². The minimum atomic E-state index is -2.58. The Morgan fingerprint density at radius 3 is 2.22 bits per heavy atom. The topological polar surface area (TPSA) is 61.8 Å². The number of hydrogen-bond acceptors (Lipinski definition) is 5. The van der Waals surface area contributed by atoms with E-state index in [1.165, 1.54) is 6.92 Å². The molecule has 6 heteroatoms. The highest BCUT2D eigenvalue weighted by atomic mass is 27.2.